The summed E-state index contributed by atoms with van der Waals surface area (Å²) in [6.45, 7) is 4.41. The average molecular weight is 346 g/mol. The Morgan fingerprint density at radius 1 is 0.760 bits per heavy atom. The van der Waals surface area contributed by atoms with Gasteiger partial charge in [-0.25, -0.2) is 0 Å². The molecule has 0 aromatic heterocycles. The molecule has 1 nitrogen and oxygen atoms in total. The van der Waals surface area contributed by atoms with Crippen LogP contribution in [0.5, 0.6) is 0 Å². The minimum absolute atomic E-state index is 0.359. The van der Waals surface area contributed by atoms with E-state index in [9.17, 15) is 0 Å². The van der Waals surface area contributed by atoms with Crippen molar-refractivity contribution >= 4 is 11.8 Å². The molecular formula is C23H23NS. The van der Waals surface area contributed by atoms with E-state index >= 15 is 0 Å². The molecule has 0 bridgehead atoms. The van der Waals surface area contributed by atoms with Crippen LogP contribution < -0.4 is 0 Å². The van der Waals surface area contributed by atoms with Crippen molar-refractivity contribution in [2.75, 3.05) is 13.1 Å². The highest BCUT2D eigenvalue weighted by Gasteiger charge is 2.34. The number of benzene rings is 3. The van der Waals surface area contributed by atoms with Crippen LogP contribution in [-0.4, -0.2) is 23.2 Å². The number of nitrogens with zero attached hydrogens (tertiary/aromatic N) is 1. The highest BCUT2D eigenvalue weighted by molar-refractivity contribution is 8.00. The largest absolute Gasteiger partial charge is 0.290 e. The number of likely N-dealkylation sites (tertiary alicyclic amines) is 1. The van der Waals surface area contributed by atoms with E-state index < -0.39 is 0 Å². The fourth-order valence-corrected chi connectivity index (χ4v) is 4.66. The van der Waals surface area contributed by atoms with Crippen LogP contribution in [0.25, 0.3) is 0 Å². The highest BCUT2D eigenvalue weighted by Crippen LogP contribution is 2.37. The Balaban J connectivity index is 1.48. The smallest absolute Gasteiger partial charge is 0.0602 e. The second-order valence-corrected chi connectivity index (χ2v) is 8.10. The van der Waals surface area contributed by atoms with Gasteiger partial charge in [0.15, 0.2) is 0 Å². The van der Waals surface area contributed by atoms with Crippen molar-refractivity contribution in [3.05, 3.63) is 102 Å². The lowest BCUT2D eigenvalue weighted by atomic mass is 9.94. The van der Waals surface area contributed by atoms with E-state index in [1.807, 2.05) is 11.8 Å². The molecule has 0 atom stereocenters. The first-order valence-electron chi connectivity index (χ1n) is 8.87. The molecule has 0 radical (unpaired) electrons. The maximum Gasteiger partial charge on any atom is 0.0602 e. The molecule has 1 aliphatic rings. The van der Waals surface area contributed by atoms with Gasteiger partial charge in [-0.3, -0.25) is 4.90 Å². The molecule has 1 saturated heterocycles. The first-order chi connectivity index (χ1) is 12.3. The fraction of sp³-hybridized carbons (Fsp3) is 0.217. The van der Waals surface area contributed by atoms with E-state index in [0.29, 0.717) is 11.3 Å². The molecule has 1 heterocycles. The molecule has 1 fully saturated rings. The Kier molecular flexibility index (Phi) is 4.91. The van der Waals surface area contributed by atoms with Gasteiger partial charge in [-0.15, -0.1) is 11.8 Å². The normalized spacial score (nSPS) is 15.3. The number of rotatable bonds is 5. The number of hydrogen-bond donors (Lipinski definition) is 0. The standard InChI is InChI=1S/C23H23NS/c1-18-12-14-21(15-13-18)25-22-16-24(17-22)23(19-8-4-2-5-9-19)20-10-6-3-7-11-20/h2-15,22-23H,16-17H2,1H3. The maximum absolute atomic E-state index is 2.59. The molecule has 0 N–H and O–H groups in total. The first-order valence-corrected chi connectivity index (χ1v) is 9.75. The lowest BCUT2D eigenvalue weighted by molar-refractivity contribution is 0.148. The van der Waals surface area contributed by atoms with Crippen molar-refractivity contribution in [3.63, 3.8) is 0 Å². The van der Waals surface area contributed by atoms with Gasteiger partial charge in [0, 0.05) is 23.2 Å². The maximum atomic E-state index is 2.59. The summed E-state index contributed by atoms with van der Waals surface area (Å²) >= 11 is 2.01. The lowest BCUT2D eigenvalue weighted by Crippen LogP contribution is -2.50. The zero-order valence-electron chi connectivity index (χ0n) is 14.5. The molecule has 3 aromatic rings. The summed E-state index contributed by atoms with van der Waals surface area (Å²) in [6, 6.07) is 31.0. The number of aryl methyl sites for hydroxylation is 1. The van der Waals surface area contributed by atoms with Crippen molar-refractivity contribution in [2.45, 2.75) is 23.1 Å². The Hall–Kier alpha value is -2.03. The monoisotopic (exact) mass is 345 g/mol. The lowest BCUT2D eigenvalue weighted by Gasteiger charge is -2.44. The highest BCUT2D eigenvalue weighted by atomic mass is 32.2. The zero-order chi connectivity index (χ0) is 17.1. The minimum Gasteiger partial charge on any atom is -0.290 e. The van der Waals surface area contributed by atoms with E-state index in [1.165, 1.54) is 21.6 Å². The number of thioether (sulfide) groups is 1. The summed E-state index contributed by atoms with van der Waals surface area (Å²) in [5.41, 5.74) is 4.09. The minimum atomic E-state index is 0.359. The molecule has 4 rings (SSSR count). The molecule has 0 saturated carbocycles. The molecule has 3 aromatic carbocycles. The van der Waals surface area contributed by atoms with Crippen molar-refractivity contribution in [3.8, 4) is 0 Å². The van der Waals surface area contributed by atoms with Gasteiger partial charge in [-0.1, -0.05) is 78.4 Å². The summed E-state index contributed by atoms with van der Waals surface area (Å²) in [5, 5.41) is 0.678. The molecule has 0 unspecified atom stereocenters. The van der Waals surface area contributed by atoms with E-state index in [2.05, 4.69) is 96.8 Å². The van der Waals surface area contributed by atoms with Gasteiger partial charge in [-0.2, -0.15) is 0 Å². The van der Waals surface area contributed by atoms with Crippen molar-refractivity contribution < 1.29 is 0 Å². The molecule has 1 aliphatic heterocycles. The van der Waals surface area contributed by atoms with Crippen molar-refractivity contribution in [2.24, 2.45) is 0 Å². The molecule has 0 amide bonds. The molecule has 0 spiro atoms. The Morgan fingerprint density at radius 2 is 1.28 bits per heavy atom. The summed E-state index contributed by atoms with van der Waals surface area (Å²) < 4.78 is 0. The van der Waals surface area contributed by atoms with Gasteiger partial charge < -0.3 is 0 Å². The van der Waals surface area contributed by atoms with E-state index in [4.69, 9.17) is 0 Å². The molecule has 0 aliphatic carbocycles. The first kappa shape index (κ1) is 16.4. The van der Waals surface area contributed by atoms with Crippen LogP contribution >= 0.6 is 11.8 Å². The van der Waals surface area contributed by atoms with Crippen molar-refractivity contribution in [1.29, 1.82) is 0 Å². The molecule has 126 valence electrons. The summed E-state index contributed by atoms with van der Waals surface area (Å²) in [4.78, 5) is 3.97. The van der Waals surface area contributed by atoms with Gasteiger partial charge in [0.2, 0.25) is 0 Å². The van der Waals surface area contributed by atoms with Gasteiger partial charge in [0.1, 0.15) is 0 Å². The van der Waals surface area contributed by atoms with E-state index in [0.717, 1.165) is 13.1 Å². The SMILES string of the molecule is Cc1ccc(SC2CN(C(c3ccccc3)c3ccccc3)C2)cc1. The molecule has 2 heteroatoms. The van der Waals surface area contributed by atoms with E-state index in [1.54, 1.807) is 0 Å². The third-order valence-electron chi connectivity index (χ3n) is 4.80. The van der Waals surface area contributed by atoms with E-state index in [-0.39, 0.29) is 0 Å². The van der Waals surface area contributed by atoms with Gasteiger partial charge in [0.25, 0.3) is 0 Å². The number of hydrogen-bond acceptors (Lipinski definition) is 2. The van der Waals surface area contributed by atoms with Gasteiger partial charge in [0.05, 0.1) is 6.04 Å². The van der Waals surface area contributed by atoms with Crippen LogP contribution in [0.15, 0.2) is 89.8 Å². The predicted molar refractivity (Wildman–Crippen MR) is 107 cm³/mol. The summed E-state index contributed by atoms with van der Waals surface area (Å²) in [6.07, 6.45) is 0. The van der Waals surface area contributed by atoms with Crippen molar-refractivity contribution in [1.82, 2.24) is 4.90 Å². The second-order valence-electron chi connectivity index (χ2n) is 6.73. The predicted octanol–water partition coefficient (Wildman–Crippen LogP) is 5.56. The molecular weight excluding hydrogens is 322 g/mol. The molecule has 25 heavy (non-hydrogen) atoms. The van der Waals surface area contributed by atoms with Crippen LogP contribution in [0.2, 0.25) is 0 Å². The van der Waals surface area contributed by atoms with Crippen LogP contribution in [0.3, 0.4) is 0 Å². The zero-order valence-corrected chi connectivity index (χ0v) is 15.3. The second kappa shape index (κ2) is 7.47. The third-order valence-corrected chi connectivity index (χ3v) is 5.97. The van der Waals surface area contributed by atoms with Crippen LogP contribution in [0, 0.1) is 6.92 Å². The van der Waals surface area contributed by atoms with Gasteiger partial charge >= 0.3 is 0 Å². The third kappa shape index (κ3) is 3.81. The summed E-state index contributed by atoms with van der Waals surface area (Å²) in [5.74, 6) is 0. The fourth-order valence-electron chi connectivity index (χ4n) is 3.45. The van der Waals surface area contributed by atoms with Crippen LogP contribution in [0.1, 0.15) is 22.7 Å². The Labute approximate surface area is 154 Å². The topological polar surface area (TPSA) is 3.24 Å². The quantitative estimate of drug-likeness (QED) is 0.595. The van der Waals surface area contributed by atoms with Crippen LogP contribution in [0.4, 0.5) is 0 Å². The average Bonchev–Trinajstić information content (AvgIpc) is 2.63. The van der Waals surface area contributed by atoms with Gasteiger partial charge in [-0.05, 0) is 30.2 Å². The summed E-state index contributed by atoms with van der Waals surface area (Å²) in [7, 11) is 0. The Bertz CT molecular complexity index is 753. The van der Waals surface area contributed by atoms with Crippen LogP contribution in [-0.2, 0) is 0 Å². The Morgan fingerprint density at radius 3 is 1.80 bits per heavy atom.